The number of anilines is 1. The van der Waals surface area contributed by atoms with E-state index in [0.29, 0.717) is 0 Å². The minimum Gasteiger partial charge on any atom is -0.385 e. The van der Waals surface area contributed by atoms with Gasteiger partial charge in [-0.3, -0.25) is 0 Å². The van der Waals surface area contributed by atoms with Crippen LogP contribution >= 0.6 is 0 Å². The lowest BCUT2D eigenvalue weighted by atomic mass is 10.1. The van der Waals surface area contributed by atoms with E-state index in [4.69, 9.17) is 0 Å². The second-order valence-electron chi connectivity index (χ2n) is 4.79. The fourth-order valence-corrected chi connectivity index (χ4v) is 2.00. The van der Waals surface area contributed by atoms with E-state index in [-0.39, 0.29) is 0 Å². The summed E-state index contributed by atoms with van der Waals surface area (Å²) in [5, 5.41) is 3.52. The lowest BCUT2D eigenvalue weighted by Gasteiger charge is -2.08. The minimum atomic E-state index is 1.11. The number of aryl methyl sites for hydroxylation is 1. The maximum atomic E-state index is 3.52. The van der Waals surface area contributed by atoms with Gasteiger partial charge in [0.05, 0.1) is 0 Å². The van der Waals surface area contributed by atoms with Crippen molar-refractivity contribution in [1.82, 2.24) is 0 Å². The van der Waals surface area contributed by atoms with Crippen molar-refractivity contribution in [2.24, 2.45) is 0 Å². The average molecular weight is 233 g/mol. The van der Waals surface area contributed by atoms with Gasteiger partial charge < -0.3 is 5.32 Å². The third-order valence-corrected chi connectivity index (χ3v) is 3.11. The van der Waals surface area contributed by atoms with Crippen LogP contribution in [0.5, 0.6) is 0 Å². The van der Waals surface area contributed by atoms with Crippen molar-refractivity contribution in [3.63, 3.8) is 0 Å². The molecule has 0 saturated heterocycles. The van der Waals surface area contributed by atoms with E-state index < -0.39 is 0 Å². The Morgan fingerprint density at radius 3 is 2.53 bits per heavy atom. The Morgan fingerprint density at radius 2 is 1.76 bits per heavy atom. The van der Waals surface area contributed by atoms with Gasteiger partial charge in [0, 0.05) is 12.2 Å². The Kier molecular flexibility index (Phi) is 7.53. The third-order valence-electron chi connectivity index (χ3n) is 3.11. The van der Waals surface area contributed by atoms with Crippen LogP contribution in [-0.2, 0) is 6.42 Å². The van der Waals surface area contributed by atoms with Crippen molar-refractivity contribution in [3.8, 4) is 0 Å². The SMILES string of the molecule is CCCCCCNc1cccc(CCCC)c1. The fraction of sp³-hybridized carbons (Fsp3) is 0.625. The topological polar surface area (TPSA) is 12.0 Å². The van der Waals surface area contributed by atoms with Gasteiger partial charge in [-0.2, -0.15) is 0 Å². The molecule has 1 aromatic rings. The summed E-state index contributed by atoms with van der Waals surface area (Å²) in [5.41, 5.74) is 2.75. The molecule has 17 heavy (non-hydrogen) atoms. The highest BCUT2D eigenvalue weighted by atomic mass is 14.9. The average Bonchev–Trinajstić information content (AvgIpc) is 2.37. The molecule has 0 aliphatic carbocycles. The monoisotopic (exact) mass is 233 g/mol. The zero-order valence-corrected chi connectivity index (χ0v) is 11.5. The van der Waals surface area contributed by atoms with Crippen LogP contribution < -0.4 is 5.32 Å². The van der Waals surface area contributed by atoms with Crippen LogP contribution in [0.15, 0.2) is 24.3 Å². The molecule has 0 atom stereocenters. The van der Waals surface area contributed by atoms with E-state index in [1.165, 1.54) is 56.2 Å². The molecule has 96 valence electrons. The van der Waals surface area contributed by atoms with E-state index in [9.17, 15) is 0 Å². The molecule has 1 nitrogen and oxygen atoms in total. The summed E-state index contributed by atoms with van der Waals surface area (Å²) in [6.07, 6.45) is 9.08. The normalized spacial score (nSPS) is 10.5. The van der Waals surface area contributed by atoms with Gasteiger partial charge >= 0.3 is 0 Å². The van der Waals surface area contributed by atoms with E-state index in [2.05, 4.69) is 43.4 Å². The predicted molar refractivity (Wildman–Crippen MR) is 77.7 cm³/mol. The molecule has 0 heterocycles. The molecular formula is C16H27N. The van der Waals surface area contributed by atoms with Crippen molar-refractivity contribution in [2.45, 2.75) is 58.8 Å². The standard InChI is InChI=1S/C16H27N/c1-3-5-7-8-13-17-16-12-9-11-15(14-16)10-6-4-2/h9,11-12,14,17H,3-8,10,13H2,1-2H3. The van der Waals surface area contributed by atoms with Crippen LogP contribution in [-0.4, -0.2) is 6.54 Å². The number of rotatable bonds is 9. The van der Waals surface area contributed by atoms with Gasteiger partial charge in [-0.1, -0.05) is 51.7 Å². The molecule has 0 amide bonds. The molecule has 1 N–H and O–H groups in total. The van der Waals surface area contributed by atoms with Crippen molar-refractivity contribution >= 4 is 5.69 Å². The van der Waals surface area contributed by atoms with Crippen molar-refractivity contribution in [2.75, 3.05) is 11.9 Å². The van der Waals surface area contributed by atoms with Crippen LogP contribution in [0.4, 0.5) is 5.69 Å². The van der Waals surface area contributed by atoms with E-state index in [1.807, 2.05) is 0 Å². The van der Waals surface area contributed by atoms with E-state index in [0.717, 1.165) is 6.54 Å². The van der Waals surface area contributed by atoms with Crippen LogP contribution in [0.3, 0.4) is 0 Å². The van der Waals surface area contributed by atoms with Crippen molar-refractivity contribution < 1.29 is 0 Å². The summed E-state index contributed by atoms with van der Waals surface area (Å²) in [7, 11) is 0. The first-order valence-electron chi connectivity index (χ1n) is 7.19. The van der Waals surface area contributed by atoms with Gasteiger partial charge in [0.2, 0.25) is 0 Å². The summed E-state index contributed by atoms with van der Waals surface area (Å²) in [4.78, 5) is 0. The number of nitrogens with one attached hydrogen (secondary N) is 1. The highest BCUT2D eigenvalue weighted by Gasteiger charge is 1.95. The second-order valence-corrected chi connectivity index (χ2v) is 4.79. The summed E-state index contributed by atoms with van der Waals surface area (Å²) in [6.45, 7) is 5.61. The van der Waals surface area contributed by atoms with Gasteiger partial charge in [-0.25, -0.2) is 0 Å². The van der Waals surface area contributed by atoms with Gasteiger partial charge in [0.1, 0.15) is 0 Å². The second kappa shape index (κ2) is 9.09. The number of benzene rings is 1. The van der Waals surface area contributed by atoms with Gasteiger partial charge in [0.25, 0.3) is 0 Å². The minimum absolute atomic E-state index is 1.11. The summed E-state index contributed by atoms with van der Waals surface area (Å²) in [6, 6.07) is 8.88. The largest absolute Gasteiger partial charge is 0.385 e. The van der Waals surface area contributed by atoms with E-state index in [1.54, 1.807) is 0 Å². The lowest BCUT2D eigenvalue weighted by molar-refractivity contribution is 0.685. The molecule has 1 rings (SSSR count). The first-order valence-corrected chi connectivity index (χ1v) is 7.19. The van der Waals surface area contributed by atoms with E-state index >= 15 is 0 Å². The molecule has 0 unspecified atom stereocenters. The molecule has 0 bridgehead atoms. The Morgan fingerprint density at radius 1 is 0.941 bits per heavy atom. The summed E-state index contributed by atoms with van der Waals surface area (Å²) >= 11 is 0. The predicted octanol–water partition coefficient (Wildman–Crippen LogP) is 5.02. The molecule has 1 heteroatoms. The quantitative estimate of drug-likeness (QED) is 0.590. The fourth-order valence-electron chi connectivity index (χ4n) is 2.00. The molecular weight excluding hydrogens is 206 g/mol. The van der Waals surface area contributed by atoms with Crippen molar-refractivity contribution in [3.05, 3.63) is 29.8 Å². The summed E-state index contributed by atoms with van der Waals surface area (Å²) in [5.74, 6) is 0. The first kappa shape index (κ1) is 14.1. The molecule has 0 fully saturated rings. The maximum absolute atomic E-state index is 3.52. The van der Waals surface area contributed by atoms with Gasteiger partial charge in [-0.05, 0) is 37.0 Å². The molecule has 0 aliphatic rings. The van der Waals surface area contributed by atoms with Gasteiger partial charge in [-0.15, -0.1) is 0 Å². The molecule has 0 saturated carbocycles. The number of hydrogen-bond donors (Lipinski definition) is 1. The molecule has 0 spiro atoms. The smallest absolute Gasteiger partial charge is 0.0342 e. The highest BCUT2D eigenvalue weighted by Crippen LogP contribution is 2.13. The zero-order chi connectivity index (χ0) is 12.3. The molecule has 0 radical (unpaired) electrons. The third kappa shape index (κ3) is 6.35. The Bertz CT molecular complexity index is 293. The van der Waals surface area contributed by atoms with Crippen molar-refractivity contribution in [1.29, 1.82) is 0 Å². The Labute approximate surface area is 107 Å². The van der Waals surface area contributed by atoms with Gasteiger partial charge in [0.15, 0.2) is 0 Å². The highest BCUT2D eigenvalue weighted by molar-refractivity contribution is 5.45. The van der Waals surface area contributed by atoms with Crippen LogP contribution in [0.25, 0.3) is 0 Å². The maximum Gasteiger partial charge on any atom is 0.0342 e. The molecule has 1 aromatic carbocycles. The lowest BCUT2D eigenvalue weighted by Crippen LogP contribution is -2.01. The Balaban J connectivity index is 2.27. The number of unbranched alkanes of at least 4 members (excludes halogenated alkanes) is 4. The Hall–Kier alpha value is -0.980. The van der Waals surface area contributed by atoms with Crippen LogP contribution in [0.1, 0.15) is 57.9 Å². The first-order chi connectivity index (χ1) is 8.36. The molecule has 0 aromatic heterocycles. The summed E-state index contributed by atoms with van der Waals surface area (Å²) < 4.78 is 0. The molecule has 0 aliphatic heterocycles. The zero-order valence-electron chi connectivity index (χ0n) is 11.5. The van der Waals surface area contributed by atoms with Crippen LogP contribution in [0, 0.1) is 0 Å². The number of hydrogen-bond acceptors (Lipinski definition) is 1. The van der Waals surface area contributed by atoms with Crippen LogP contribution in [0.2, 0.25) is 0 Å².